The van der Waals surface area contributed by atoms with E-state index in [-0.39, 0.29) is 9.70 Å². The molecule has 1 amide bonds. The second-order valence-corrected chi connectivity index (χ2v) is 4.05. The predicted octanol–water partition coefficient (Wildman–Crippen LogP) is 1.25. The van der Waals surface area contributed by atoms with Crippen molar-refractivity contribution in [2.45, 2.75) is 26.2 Å². The summed E-state index contributed by atoms with van der Waals surface area (Å²) in [5, 5.41) is 2.71. The van der Waals surface area contributed by atoms with Gasteiger partial charge < -0.3 is 5.32 Å². The molecule has 4 heteroatoms. The molecule has 0 saturated heterocycles. The highest BCUT2D eigenvalue weighted by atomic mass is 127. The lowest BCUT2D eigenvalue weighted by Crippen LogP contribution is -2.49. The third-order valence-electron chi connectivity index (χ3n) is 2.36. The molecule has 0 aromatic carbocycles. The molecule has 1 rings (SSSR count). The lowest BCUT2D eigenvalue weighted by atomic mass is 9.69. The zero-order chi connectivity index (χ0) is 9.19. The van der Waals surface area contributed by atoms with Crippen molar-refractivity contribution in [3.05, 3.63) is 0 Å². The van der Waals surface area contributed by atoms with Crippen LogP contribution in [0.15, 0.2) is 0 Å². The van der Waals surface area contributed by atoms with E-state index >= 15 is 0 Å². The van der Waals surface area contributed by atoms with Crippen molar-refractivity contribution in [2.24, 2.45) is 5.41 Å². The molecule has 3 nitrogen and oxygen atoms in total. The Labute approximate surface area is 85.4 Å². The van der Waals surface area contributed by atoms with Crippen molar-refractivity contribution >= 4 is 32.3 Å². The average molecular weight is 281 g/mol. The molecular formula is C8H12INO2. The summed E-state index contributed by atoms with van der Waals surface area (Å²) in [6.07, 6.45) is 2.44. The minimum absolute atomic E-state index is 0.0164. The lowest BCUT2D eigenvalue weighted by molar-refractivity contribution is -0.142. The molecule has 0 atom stereocenters. The molecule has 0 aromatic heterocycles. The Hall–Kier alpha value is -0.130. The average Bonchev–Trinajstić information content (AvgIpc) is 1.83. The van der Waals surface area contributed by atoms with Gasteiger partial charge in [0.25, 0.3) is 0 Å². The van der Waals surface area contributed by atoms with E-state index in [1.165, 1.54) is 0 Å². The van der Waals surface area contributed by atoms with E-state index in [1.54, 1.807) is 22.6 Å². The van der Waals surface area contributed by atoms with Gasteiger partial charge in [0.15, 0.2) is 0 Å². The van der Waals surface area contributed by atoms with Crippen LogP contribution in [0.2, 0.25) is 0 Å². The third-order valence-corrected chi connectivity index (χ3v) is 3.39. The van der Waals surface area contributed by atoms with Crippen LogP contribution in [0, 0.1) is 5.41 Å². The molecule has 1 saturated carbocycles. The molecule has 0 aliphatic heterocycles. The molecule has 0 heterocycles. The quantitative estimate of drug-likeness (QED) is 0.481. The van der Waals surface area contributed by atoms with Crippen LogP contribution in [-0.4, -0.2) is 16.2 Å². The van der Waals surface area contributed by atoms with Gasteiger partial charge in [0.1, 0.15) is 5.41 Å². The number of hydrogen-bond donors (Lipinski definition) is 1. The second kappa shape index (κ2) is 3.72. The Morgan fingerprint density at radius 1 is 1.50 bits per heavy atom. The van der Waals surface area contributed by atoms with Crippen molar-refractivity contribution in [3.63, 3.8) is 0 Å². The molecule has 0 unspecified atom stereocenters. The molecule has 12 heavy (non-hydrogen) atoms. The summed E-state index contributed by atoms with van der Waals surface area (Å²) in [6, 6.07) is 0. The number of hydrogen-bond acceptors (Lipinski definition) is 2. The Morgan fingerprint density at radius 2 is 2.08 bits per heavy atom. The Morgan fingerprint density at radius 3 is 2.33 bits per heavy atom. The van der Waals surface area contributed by atoms with Crippen LogP contribution < -0.4 is 5.32 Å². The first-order valence-electron chi connectivity index (χ1n) is 4.11. The minimum atomic E-state index is -0.670. The maximum Gasteiger partial charge on any atom is 0.234 e. The summed E-state index contributed by atoms with van der Waals surface area (Å²) in [7, 11) is 0. The Kier molecular flexibility index (Phi) is 3.09. The van der Waals surface area contributed by atoms with Gasteiger partial charge in [-0.3, -0.25) is 9.59 Å². The molecule has 0 radical (unpaired) electrons. The first kappa shape index (κ1) is 9.95. The van der Waals surface area contributed by atoms with Crippen molar-refractivity contribution in [3.8, 4) is 0 Å². The first-order valence-corrected chi connectivity index (χ1v) is 5.19. The summed E-state index contributed by atoms with van der Waals surface area (Å²) < 4.78 is -0.0164. The van der Waals surface area contributed by atoms with E-state index in [0.717, 1.165) is 19.3 Å². The van der Waals surface area contributed by atoms with Gasteiger partial charge in [-0.15, -0.1) is 0 Å². The first-order chi connectivity index (χ1) is 5.63. The molecule has 68 valence electrons. The third kappa shape index (κ3) is 1.48. The van der Waals surface area contributed by atoms with Gasteiger partial charge in [-0.25, -0.2) is 0 Å². The monoisotopic (exact) mass is 281 g/mol. The van der Waals surface area contributed by atoms with E-state index in [0.29, 0.717) is 6.54 Å². The van der Waals surface area contributed by atoms with Gasteiger partial charge in [0, 0.05) is 29.1 Å². The predicted molar refractivity (Wildman–Crippen MR) is 54.0 cm³/mol. The maximum absolute atomic E-state index is 11.5. The Bertz CT molecular complexity index is 211. The largest absolute Gasteiger partial charge is 0.355 e. The van der Waals surface area contributed by atoms with E-state index in [9.17, 15) is 9.59 Å². The fourth-order valence-electron chi connectivity index (χ4n) is 1.37. The number of nitrogens with one attached hydrogen (secondary N) is 1. The van der Waals surface area contributed by atoms with Gasteiger partial charge in [0.05, 0.1) is 0 Å². The van der Waals surface area contributed by atoms with E-state index in [4.69, 9.17) is 0 Å². The number of rotatable bonds is 3. The van der Waals surface area contributed by atoms with E-state index in [2.05, 4.69) is 5.32 Å². The van der Waals surface area contributed by atoms with Crippen molar-refractivity contribution in [1.29, 1.82) is 0 Å². The summed E-state index contributed by atoms with van der Waals surface area (Å²) in [5.74, 6) is -0.0874. The van der Waals surface area contributed by atoms with Gasteiger partial charge in [0.2, 0.25) is 9.70 Å². The van der Waals surface area contributed by atoms with Crippen LogP contribution in [0.4, 0.5) is 0 Å². The summed E-state index contributed by atoms with van der Waals surface area (Å²) in [4.78, 5) is 22.6. The van der Waals surface area contributed by atoms with Crippen molar-refractivity contribution in [2.75, 3.05) is 6.54 Å². The number of halogens is 1. The number of carbonyl (C=O) groups excluding carboxylic acids is 2. The minimum Gasteiger partial charge on any atom is -0.355 e. The highest BCUT2D eigenvalue weighted by Crippen LogP contribution is 2.43. The van der Waals surface area contributed by atoms with Crippen LogP contribution in [0.1, 0.15) is 26.2 Å². The summed E-state index contributed by atoms with van der Waals surface area (Å²) >= 11 is 1.73. The molecule has 0 aromatic rings. The summed E-state index contributed by atoms with van der Waals surface area (Å²) in [6.45, 7) is 2.46. The molecule has 1 fully saturated rings. The fraction of sp³-hybridized carbons (Fsp3) is 0.750. The normalized spacial score (nSPS) is 19.5. The molecule has 1 aliphatic carbocycles. The van der Waals surface area contributed by atoms with Crippen LogP contribution in [0.3, 0.4) is 0 Å². The molecule has 1 aliphatic rings. The fourth-order valence-corrected chi connectivity index (χ4v) is 2.16. The lowest BCUT2D eigenvalue weighted by Gasteiger charge is -2.36. The summed E-state index contributed by atoms with van der Waals surface area (Å²) in [5.41, 5.74) is -0.670. The molecule has 1 N–H and O–H groups in total. The van der Waals surface area contributed by atoms with E-state index < -0.39 is 5.41 Å². The topological polar surface area (TPSA) is 46.2 Å². The highest BCUT2D eigenvalue weighted by molar-refractivity contribution is 14.1. The van der Waals surface area contributed by atoms with Gasteiger partial charge in [-0.05, 0) is 19.8 Å². The second-order valence-electron chi connectivity index (χ2n) is 3.07. The van der Waals surface area contributed by atoms with Gasteiger partial charge in [-0.2, -0.15) is 0 Å². The number of amides is 1. The van der Waals surface area contributed by atoms with Crippen LogP contribution in [0.25, 0.3) is 0 Å². The number of carbonyl (C=O) groups is 2. The van der Waals surface area contributed by atoms with Crippen LogP contribution >= 0.6 is 22.6 Å². The standard InChI is InChI=1S/C8H12INO2/c1-2-10-7(12)8(6(9)11)4-3-5-8/h2-5H2,1H3,(H,10,12). The van der Waals surface area contributed by atoms with E-state index in [1.807, 2.05) is 6.92 Å². The van der Waals surface area contributed by atoms with Crippen LogP contribution in [-0.2, 0) is 9.59 Å². The smallest absolute Gasteiger partial charge is 0.234 e. The SMILES string of the molecule is CCNC(=O)C1(C(=O)I)CCC1. The molecule has 0 spiro atoms. The maximum atomic E-state index is 11.5. The molecule has 0 bridgehead atoms. The van der Waals surface area contributed by atoms with Gasteiger partial charge >= 0.3 is 0 Å². The van der Waals surface area contributed by atoms with Crippen molar-refractivity contribution < 1.29 is 9.59 Å². The zero-order valence-electron chi connectivity index (χ0n) is 7.02. The van der Waals surface area contributed by atoms with Crippen LogP contribution in [0.5, 0.6) is 0 Å². The zero-order valence-corrected chi connectivity index (χ0v) is 9.18. The molecular weight excluding hydrogens is 269 g/mol. The van der Waals surface area contributed by atoms with Gasteiger partial charge in [-0.1, -0.05) is 6.42 Å². The highest BCUT2D eigenvalue weighted by Gasteiger charge is 2.49. The Balaban J connectivity index is 2.67. The van der Waals surface area contributed by atoms with Crippen molar-refractivity contribution in [1.82, 2.24) is 5.32 Å².